The maximum atomic E-state index is 12.5. The van der Waals surface area contributed by atoms with E-state index >= 15 is 0 Å². The van der Waals surface area contributed by atoms with Gasteiger partial charge < -0.3 is 19.3 Å². The quantitative estimate of drug-likeness (QED) is 0.587. The van der Waals surface area contributed by atoms with Crippen LogP contribution in [-0.2, 0) is 16.1 Å². The summed E-state index contributed by atoms with van der Waals surface area (Å²) in [5, 5.41) is 6.61. The molecule has 7 heteroatoms. The molecule has 1 heterocycles. The lowest BCUT2D eigenvalue weighted by Crippen LogP contribution is -2.21. The van der Waals surface area contributed by atoms with Gasteiger partial charge in [0.15, 0.2) is 6.61 Å². The molecule has 1 N–H and O–H groups in total. The number of ether oxygens (including phenoxy) is 2. The highest BCUT2D eigenvalue weighted by atomic mass is 16.5. The Morgan fingerprint density at radius 1 is 1.03 bits per heavy atom. The normalized spacial score (nSPS) is 10.5. The van der Waals surface area contributed by atoms with E-state index in [2.05, 4.69) is 10.5 Å². The summed E-state index contributed by atoms with van der Waals surface area (Å²) in [7, 11) is 0. The van der Waals surface area contributed by atoms with E-state index < -0.39 is 18.5 Å². The molecule has 1 amide bonds. The third-order valence-corrected chi connectivity index (χ3v) is 4.79. The number of benzene rings is 2. The Hall–Kier alpha value is -3.61. The van der Waals surface area contributed by atoms with Crippen molar-refractivity contribution < 1.29 is 23.6 Å². The molecule has 1 aromatic heterocycles. The van der Waals surface area contributed by atoms with Crippen LogP contribution >= 0.6 is 0 Å². The molecule has 0 atom stereocenters. The molecular formula is C23H24N2O5. The molecule has 0 unspecified atom stereocenters. The molecule has 0 fully saturated rings. The van der Waals surface area contributed by atoms with Crippen LogP contribution in [0.1, 0.15) is 38.5 Å². The minimum atomic E-state index is -0.639. The van der Waals surface area contributed by atoms with Crippen molar-refractivity contribution in [2.75, 3.05) is 11.9 Å². The largest absolute Gasteiger partial charge is 0.488 e. The van der Waals surface area contributed by atoms with Gasteiger partial charge in [0.25, 0.3) is 5.91 Å². The van der Waals surface area contributed by atoms with Gasteiger partial charge in [-0.15, -0.1) is 0 Å². The van der Waals surface area contributed by atoms with E-state index in [1.54, 1.807) is 37.3 Å². The molecule has 0 spiro atoms. The fourth-order valence-corrected chi connectivity index (χ4v) is 2.84. The molecule has 0 aliphatic rings. The van der Waals surface area contributed by atoms with E-state index in [9.17, 15) is 9.59 Å². The van der Waals surface area contributed by atoms with Gasteiger partial charge >= 0.3 is 5.97 Å². The van der Waals surface area contributed by atoms with Crippen LogP contribution in [0.15, 0.2) is 47.0 Å². The molecular weight excluding hydrogens is 384 g/mol. The average Bonchev–Trinajstić information content (AvgIpc) is 3.05. The lowest BCUT2D eigenvalue weighted by Gasteiger charge is -2.11. The number of aromatic nitrogens is 1. The van der Waals surface area contributed by atoms with Crippen molar-refractivity contribution in [2.24, 2.45) is 0 Å². The number of para-hydroxylation sites is 1. The van der Waals surface area contributed by atoms with Crippen LogP contribution in [0.4, 0.5) is 5.69 Å². The van der Waals surface area contributed by atoms with E-state index in [1.807, 2.05) is 32.9 Å². The van der Waals surface area contributed by atoms with Crippen LogP contribution in [0.3, 0.4) is 0 Å². The van der Waals surface area contributed by atoms with Crippen LogP contribution in [0, 0.1) is 27.7 Å². The van der Waals surface area contributed by atoms with Crippen LogP contribution in [0.5, 0.6) is 5.75 Å². The number of nitrogens with one attached hydrogen (secondary N) is 1. The van der Waals surface area contributed by atoms with Gasteiger partial charge in [-0.3, -0.25) is 4.79 Å². The Bertz CT molecular complexity index is 1050. The highest BCUT2D eigenvalue weighted by molar-refractivity contribution is 5.96. The number of rotatable bonds is 7. The lowest BCUT2D eigenvalue weighted by molar-refractivity contribution is -0.119. The molecule has 0 saturated heterocycles. The van der Waals surface area contributed by atoms with Crippen molar-refractivity contribution in [1.82, 2.24) is 5.16 Å². The zero-order chi connectivity index (χ0) is 21.7. The average molecular weight is 408 g/mol. The van der Waals surface area contributed by atoms with Gasteiger partial charge in [0.05, 0.1) is 11.3 Å². The van der Waals surface area contributed by atoms with Crippen LogP contribution in [0.2, 0.25) is 0 Å². The Morgan fingerprint density at radius 3 is 2.50 bits per heavy atom. The topological polar surface area (TPSA) is 90.7 Å². The first-order valence-corrected chi connectivity index (χ1v) is 9.53. The fourth-order valence-electron chi connectivity index (χ4n) is 2.84. The summed E-state index contributed by atoms with van der Waals surface area (Å²) >= 11 is 0. The summed E-state index contributed by atoms with van der Waals surface area (Å²) in [6.07, 6.45) is 0. The second kappa shape index (κ2) is 9.26. The third kappa shape index (κ3) is 5.05. The van der Waals surface area contributed by atoms with Crippen molar-refractivity contribution in [3.05, 3.63) is 76.2 Å². The van der Waals surface area contributed by atoms with Crippen LogP contribution in [-0.4, -0.2) is 23.6 Å². The Morgan fingerprint density at radius 2 is 1.80 bits per heavy atom. The Kier molecular flexibility index (Phi) is 6.51. The van der Waals surface area contributed by atoms with Gasteiger partial charge in [0.2, 0.25) is 0 Å². The third-order valence-electron chi connectivity index (χ3n) is 4.79. The Labute approximate surface area is 175 Å². The molecule has 3 aromatic rings. The molecule has 30 heavy (non-hydrogen) atoms. The standard InChI is InChI=1S/C23H24N2O5/c1-14-9-10-18(11-15(14)2)24-22(26)13-29-23(27)19-7-5-6-8-21(19)28-12-20-16(3)25-30-17(20)4/h5-11H,12-13H2,1-4H3,(H,24,26). The maximum Gasteiger partial charge on any atom is 0.342 e. The molecule has 3 rings (SSSR count). The van der Waals surface area contributed by atoms with Gasteiger partial charge in [0, 0.05) is 5.69 Å². The number of carbonyl (C=O) groups excluding carboxylic acids is 2. The Balaban J connectivity index is 1.60. The first kappa shape index (κ1) is 21.1. The summed E-state index contributed by atoms with van der Waals surface area (Å²) < 4.78 is 16.1. The smallest absolute Gasteiger partial charge is 0.342 e. The SMILES string of the molecule is Cc1ccc(NC(=O)COC(=O)c2ccccc2OCc2c(C)noc2C)cc1C. The fraction of sp³-hybridized carbons (Fsp3) is 0.261. The molecule has 0 radical (unpaired) electrons. The second-order valence-corrected chi connectivity index (χ2v) is 7.01. The molecule has 0 bridgehead atoms. The summed E-state index contributed by atoms with van der Waals surface area (Å²) in [5.41, 5.74) is 4.65. The van der Waals surface area contributed by atoms with Gasteiger partial charge in [-0.2, -0.15) is 0 Å². The van der Waals surface area contributed by atoms with Gasteiger partial charge in [0.1, 0.15) is 23.7 Å². The van der Waals surface area contributed by atoms with Crippen molar-refractivity contribution in [3.63, 3.8) is 0 Å². The predicted octanol–water partition coefficient (Wildman–Crippen LogP) is 4.28. The maximum absolute atomic E-state index is 12.5. The number of hydrogen-bond donors (Lipinski definition) is 1. The number of anilines is 1. The summed E-state index contributed by atoms with van der Waals surface area (Å²) in [6, 6.07) is 12.3. The predicted molar refractivity (Wildman–Crippen MR) is 112 cm³/mol. The molecule has 2 aromatic carbocycles. The highest BCUT2D eigenvalue weighted by Crippen LogP contribution is 2.22. The summed E-state index contributed by atoms with van der Waals surface area (Å²) in [6.45, 7) is 7.39. The van der Waals surface area contributed by atoms with Gasteiger partial charge in [-0.25, -0.2) is 4.79 Å². The summed E-state index contributed by atoms with van der Waals surface area (Å²) in [4.78, 5) is 24.7. The van der Waals surface area contributed by atoms with E-state index in [1.165, 1.54) is 0 Å². The van der Waals surface area contributed by atoms with Crippen molar-refractivity contribution in [3.8, 4) is 5.75 Å². The molecule has 156 valence electrons. The first-order chi connectivity index (χ1) is 14.3. The van der Waals surface area contributed by atoms with E-state index in [-0.39, 0.29) is 12.2 Å². The highest BCUT2D eigenvalue weighted by Gasteiger charge is 2.17. The second-order valence-electron chi connectivity index (χ2n) is 7.01. The zero-order valence-electron chi connectivity index (χ0n) is 17.4. The van der Waals surface area contributed by atoms with Crippen LogP contribution < -0.4 is 10.1 Å². The lowest BCUT2D eigenvalue weighted by atomic mass is 10.1. The number of nitrogens with zero attached hydrogens (tertiary/aromatic N) is 1. The summed E-state index contributed by atoms with van der Waals surface area (Å²) in [5.74, 6) is -0.0343. The van der Waals surface area contributed by atoms with Crippen molar-refractivity contribution in [1.29, 1.82) is 0 Å². The monoisotopic (exact) mass is 408 g/mol. The van der Waals surface area contributed by atoms with Gasteiger partial charge in [-0.05, 0) is 63.1 Å². The minimum Gasteiger partial charge on any atom is -0.488 e. The van der Waals surface area contributed by atoms with E-state index in [0.29, 0.717) is 17.2 Å². The number of amides is 1. The number of carbonyl (C=O) groups is 2. The minimum absolute atomic E-state index is 0.207. The molecule has 0 aliphatic carbocycles. The first-order valence-electron chi connectivity index (χ1n) is 9.53. The van der Waals surface area contributed by atoms with Crippen molar-refractivity contribution in [2.45, 2.75) is 34.3 Å². The number of aryl methyl sites for hydroxylation is 4. The van der Waals surface area contributed by atoms with E-state index in [4.69, 9.17) is 14.0 Å². The van der Waals surface area contributed by atoms with Crippen LogP contribution in [0.25, 0.3) is 0 Å². The number of hydrogen-bond acceptors (Lipinski definition) is 6. The molecule has 0 aliphatic heterocycles. The van der Waals surface area contributed by atoms with Crippen molar-refractivity contribution >= 4 is 17.6 Å². The molecule has 0 saturated carbocycles. The van der Waals surface area contributed by atoms with E-state index in [0.717, 1.165) is 22.4 Å². The number of esters is 1. The zero-order valence-corrected chi connectivity index (χ0v) is 17.4. The molecule has 7 nitrogen and oxygen atoms in total. The van der Waals surface area contributed by atoms with Gasteiger partial charge in [-0.1, -0.05) is 23.4 Å².